The minimum Gasteiger partial charge on any atom is -0.508 e. The number of ketones is 1. The van der Waals surface area contributed by atoms with Crippen LogP contribution < -0.4 is 4.72 Å². The predicted octanol–water partition coefficient (Wildman–Crippen LogP) is 4.28. The lowest BCUT2D eigenvalue weighted by Crippen LogP contribution is -2.35. The van der Waals surface area contributed by atoms with Crippen LogP contribution in [0.4, 0.5) is 18.9 Å². The Hall–Kier alpha value is -3.08. The highest BCUT2D eigenvalue weighted by Crippen LogP contribution is 2.36. The van der Waals surface area contributed by atoms with Crippen LogP contribution in [0.2, 0.25) is 0 Å². The first kappa shape index (κ1) is 26.2. The maximum Gasteiger partial charge on any atom is 0.451 e. The van der Waals surface area contributed by atoms with Gasteiger partial charge in [-0.05, 0) is 75.6 Å². The standard InChI is InChI=1S/C22H24F3NO6S/c1-11(2)32-21(29)19(20(28)22(23,24)25)16-10-15(6-7-17(16)27)26-33(30,31)18-9-13(4)12(3)8-14(18)5/h6-11,19,26-27H,1-5H3. The van der Waals surface area contributed by atoms with Crippen LogP contribution in [-0.4, -0.2) is 37.6 Å². The van der Waals surface area contributed by atoms with E-state index in [9.17, 15) is 36.3 Å². The lowest BCUT2D eigenvalue weighted by Gasteiger charge is -2.20. The average Bonchev–Trinajstić information content (AvgIpc) is 2.65. The quantitative estimate of drug-likeness (QED) is 0.343. The molecule has 0 aliphatic carbocycles. The lowest BCUT2D eigenvalue weighted by atomic mass is 9.93. The number of sulfonamides is 1. The molecule has 7 nitrogen and oxygen atoms in total. The second-order valence-corrected chi connectivity index (χ2v) is 9.51. The molecule has 11 heteroatoms. The van der Waals surface area contributed by atoms with E-state index in [1.165, 1.54) is 19.9 Å². The minimum atomic E-state index is -5.40. The zero-order chi connectivity index (χ0) is 25.3. The average molecular weight is 487 g/mol. The maximum atomic E-state index is 13.2. The van der Waals surface area contributed by atoms with Gasteiger partial charge < -0.3 is 9.84 Å². The smallest absolute Gasteiger partial charge is 0.451 e. The molecule has 0 saturated heterocycles. The number of ether oxygens (including phenoxy) is 1. The third-order valence-electron chi connectivity index (χ3n) is 4.80. The summed E-state index contributed by atoms with van der Waals surface area (Å²) in [7, 11) is -4.18. The van der Waals surface area contributed by atoms with Gasteiger partial charge in [0.05, 0.1) is 11.0 Å². The molecule has 0 bridgehead atoms. The molecular weight excluding hydrogens is 463 g/mol. The number of halogens is 3. The van der Waals surface area contributed by atoms with Crippen molar-refractivity contribution in [2.24, 2.45) is 0 Å². The number of hydrogen-bond donors (Lipinski definition) is 2. The second kappa shape index (κ2) is 9.42. The molecule has 0 aliphatic heterocycles. The first-order chi connectivity index (χ1) is 15.0. The summed E-state index contributed by atoms with van der Waals surface area (Å²) in [5, 5.41) is 10.1. The monoisotopic (exact) mass is 487 g/mol. The molecule has 0 aliphatic rings. The molecule has 180 valence electrons. The van der Waals surface area contributed by atoms with Crippen molar-refractivity contribution in [3.63, 3.8) is 0 Å². The topological polar surface area (TPSA) is 110 Å². The van der Waals surface area contributed by atoms with Gasteiger partial charge in [-0.15, -0.1) is 0 Å². The fourth-order valence-corrected chi connectivity index (χ4v) is 4.48. The number of nitrogens with one attached hydrogen (secondary N) is 1. The summed E-state index contributed by atoms with van der Waals surface area (Å²) >= 11 is 0. The Labute approximate surface area is 189 Å². The molecule has 0 fully saturated rings. The van der Waals surface area contributed by atoms with Gasteiger partial charge in [-0.2, -0.15) is 13.2 Å². The Morgan fingerprint density at radius 1 is 1.00 bits per heavy atom. The molecule has 0 spiro atoms. The van der Waals surface area contributed by atoms with E-state index in [1.54, 1.807) is 19.9 Å². The number of anilines is 1. The van der Waals surface area contributed by atoms with E-state index in [1.807, 2.05) is 6.92 Å². The third-order valence-corrected chi connectivity index (χ3v) is 6.32. The highest BCUT2D eigenvalue weighted by Gasteiger charge is 2.48. The number of phenols is 1. The summed E-state index contributed by atoms with van der Waals surface area (Å²) in [6.07, 6.45) is -6.24. The van der Waals surface area contributed by atoms with E-state index in [4.69, 9.17) is 4.74 Å². The predicted molar refractivity (Wildman–Crippen MR) is 115 cm³/mol. The Kier molecular flexibility index (Phi) is 7.47. The largest absolute Gasteiger partial charge is 0.508 e. The van der Waals surface area contributed by atoms with Gasteiger partial charge in [0.15, 0.2) is 5.92 Å². The van der Waals surface area contributed by atoms with Gasteiger partial charge in [0.2, 0.25) is 0 Å². The molecule has 2 aromatic rings. The van der Waals surface area contributed by atoms with Crippen LogP contribution in [0, 0.1) is 20.8 Å². The van der Waals surface area contributed by atoms with Crippen molar-refractivity contribution in [1.82, 2.24) is 0 Å². The van der Waals surface area contributed by atoms with E-state index < -0.39 is 51.3 Å². The van der Waals surface area contributed by atoms with Crippen LogP contribution in [0.15, 0.2) is 35.2 Å². The molecule has 2 rings (SSSR count). The zero-order valence-corrected chi connectivity index (χ0v) is 19.4. The van der Waals surface area contributed by atoms with E-state index in [0.717, 1.165) is 23.8 Å². The fourth-order valence-electron chi connectivity index (χ4n) is 3.12. The van der Waals surface area contributed by atoms with E-state index in [-0.39, 0.29) is 10.6 Å². The van der Waals surface area contributed by atoms with Gasteiger partial charge in [-0.3, -0.25) is 14.3 Å². The highest BCUT2D eigenvalue weighted by atomic mass is 32.2. The first-order valence-electron chi connectivity index (χ1n) is 9.79. The molecule has 2 N–H and O–H groups in total. The Balaban J connectivity index is 2.55. The van der Waals surface area contributed by atoms with Crippen LogP contribution in [0.25, 0.3) is 0 Å². The van der Waals surface area contributed by atoms with Crippen molar-refractivity contribution < 1.29 is 41.0 Å². The van der Waals surface area contributed by atoms with Gasteiger partial charge in [0.25, 0.3) is 15.8 Å². The highest BCUT2D eigenvalue weighted by molar-refractivity contribution is 7.92. The number of Topliss-reactive ketones (excluding diaryl/α,β-unsaturated/α-hetero) is 1. The van der Waals surface area contributed by atoms with Crippen molar-refractivity contribution >= 4 is 27.5 Å². The summed E-state index contributed by atoms with van der Waals surface area (Å²) in [6.45, 7) is 7.88. The molecule has 0 saturated carbocycles. The van der Waals surface area contributed by atoms with Gasteiger partial charge >= 0.3 is 12.1 Å². The maximum absolute atomic E-state index is 13.2. The van der Waals surface area contributed by atoms with Crippen molar-refractivity contribution in [1.29, 1.82) is 0 Å². The van der Waals surface area contributed by atoms with Crippen molar-refractivity contribution in [2.75, 3.05) is 4.72 Å². The number of aryl methyl sites for hydroxylation is 3. The van der Waals surface area contributed by atoms with Crippen LogP contribution in [-0.2, 0) is 24.3 Å². The van der Waals surface area contributed by atoms with E-state index in [2.05, 4.69) is 4.72 Å². The van der Waals surface area contributed by atoms with Crippen LogP contribution >= 0.6 is 0 Å². The van der Waals surface area contributed by atoms with Gasteiger partial charge in [0, 0.05) is 11.3 Å². The number of benzene rings is 2. The molecule has 0 radical (unpaired) electrons. The number of rotatable bonds is 7. The zero-order valence-electron chi connectivity index (χ0n) is 18.6. The van der Waals surface area contributed by atoms with Crippen LogP contribution in [0.1, 0.15) is 42.0 Å². The molecule has 0 aromatic heterocycles. The van der Waals surface area contributed by atoms with Gasteiger partial charge in [0.1, 0.15) is 5.75 Å². The Morgan fingerprint density at radius 2 is 1.58 bits per heavy atom. The first-order valence-corrected chi connectivity index (χ1v) is 11.3. The molecule has 33 heavy (non-hydrogen) atoms. The van der Waals surface area contributed by atoms with E-state index >= 15 is 0 Å². The summed E-state index contributed by atoms with van der Waals surface area (Å²) in [5.41, 5.74) is 1.03. The van der Waals surface area contributed by atoms with Gasteiger partial charge in [-0.1, -0.05) is 6.07 Å². The van der Waals surface area contributed by atoms with Crippen molar-refractivity contribution in [3.8, 4) is 5.75 Å². The molecule has 1 unspecified atom stereocenters. The molecular formula is C22H24F3NO6S. The third kappa shape index (κ3) is 6.04. The molecule has 0 amide bonds. The summed E-state index contributed by atoms with van der Waals surface area (Å²) in [5.74, 6) is -7.30. The summed E-state index contributed by atoms with van der Waals surface area (Å²) in [6, 6.07) is 5.91. The van der Waals surface area contributed by atoms with Crippen LogP contribution in [0.5, 0.6) is 5.75 Å². The van der Waals surface area contributed by atoms with E-state index in [0.29, 0.717) is 11.1 Å². The number of alkyl halides is 3. The number of carbonyl (C=O) groups excluding carboxylic acids is 2. The number of aromatic hydroxyl groups is 1. The number of esters is 1. The van der Waals surface area contributed by atoms with Gasteiger partial charge in [-0.25, -0.2) is 8.42 Å². The molecule has 1 atom stereocenters. The second-order valence-electron chi connectivity index (χ2n) is 7.86. The number of carbonyl (C=O) groups is 2. The Morgan fingerprint density at radius 3 is 2.12 bits per heavy atom. The normalized spacial score (nSPS) is 13.0. The minimum absolute atomic E-state index is 0.0534. The summed E-state index contributed by atoms with van der Waals surface area (Å²) in [4.78, 5) is 24.3. The summed E-state index contributed by atoms with van der Waals surface area (Å²) < 4.78 is 72.3. The number of phenolic OH excluding ortho intramolecular Hbond substituents is 1. The molecule has 2 aromatic carbocycles. The van der Waals surface area contributed by atoms with Crippen LogP contribution in [0.3, 0.4) is 0 Å². The van der Waals surface area contributed by atoms with Crippen molar-refractivity contribution in [2.45, 2.75) is 57.7 Å². The SMILES string of the molecule is Cc1cc(C)c(S(=O)(=O)Nc2ccc(O)c(C(C(=O)OC(C)C)C(=O)C(F)(F)F)c2)cc1C. The number of hydrogen-bond acceptors (Lipinski definition) is 6. The molecule has 0 heterocycles. The van der Waals surface area contributed by atoms with Crippen molar-refractivity contribution in [3.05, 3.63) is 52.6 Å². The fraction of sp³-hybridized carbons (Fsp3) is 0.364. The Bertz CT molecular complexity index is 1190. The lowest BCUT2D eigenvalue weighted by molar-refractivity contribution is -0.178.